The van der Waals surface area contributed by atoms with Crippen molar-refractivity contribution in [3.63, 3.8) is 0 Å². The zero-order valence-electron chi connectivity index (χ0n) is 8.25. The Morgan fingerprint density at radius 2 is 2.21 bits per heavy atom. The van der Waals surface area contributed by atoms with Gasteiger partial charge >= 0.3 is 0 Å². The maximum absolute atomic E-state index is 13.4. The minimum atomic E-state index is -1.13. The summed E-state index contributed by atoms with van der Waals surface area (Å²) in [6.07, 6.45) is 0. The number of aliphatic hydroxyl groups excluding tert-OH is 1. The summed E-state index contributed by atoms with van der Waals surface area (Å²) in [4.78, 5) is 0. The van der Waals surface area contributed by atoms with Gasteiger partial charge in [-0.25, -0.2) is 4.39 Å². The lowest BCUT2D eigenvalue weighted by molar-refractivity contribution is 0.202. The van der Waals surface area contributed by atoms with Crippen molar-refractivity contribution in [3.05, 3.63) is 29.6 Å². The van der Waals surface area contributed by atoms with Crippen LogP contribution < -0.4 is 10.5 Å². The molecule has 0 aliphatic heterocycles. The third-order valence-corrected chi connectivity index (χ3v) is 2.09. The predicted octanol–water partition coefficient (Wildman–Crippen LogP) is 1.00. The van der Waals surface area contributed by atoms with Crippen LogP contribution in [0.5, 0.6) is 5.75 Å². The van der Waals surface area contributed by atoms with Gasteiger partial charge in [-0.1, -0.05) is 6.07 Å². The molecule has 0 saturated carbocycles. The van der Waals surface area contributed by atoms with Gasteiger partial charge in [-0.3, -0.25) is 0 Å². The fourth-order valence-electron chi connectivity index (χ4n) is 1.31. The second kappa shape index (κ2) is 3.94. The van der Waals surface area contributed by atoms with Gasteiger partial charge in [0.15, 0.2) is 0 Å². The van der Waals surface area contributed by atoms with Crippen molar-refractivity contribution >= 4 is 0 Å². The van der Waals surface area contributed by atoms with Gasteiger partial charge in [0.1, 0.15) is 11.6 Å². The number of hydrogen-bond donors (Lipinski definition) is 2. The van der Waals surface area contributed by atoms with E-state index >= 15 is 0 Å². The molecule has 0 saturated heterocycles. The van der Waals surface area contributed by atoms with E-state index in [0.29, 0.717) is 5.75 Å². The van der Waals surface area contributed by atoms with Crippen LogP contribution in [-0.4, -0.2) is 18.8 Å². The Bertz CT molecular complexity index is 326. The molecule has 0 spiro atoms. The molecule has 0 aliphatic rings. The first-order valence-corrected chi connectivity index (χ1v) is 4.25. The molecule has 0 amide bonds. The first-order chi connectivity index (χ1) is 6.53. The van der Waals surface area contributed by atoms with Gasteiger partial charge in [-0.05, 0) is 19.1 Å². The Morgan fingerprint density at radius 1 is 1.57 bits per heavy atom. The minimum Gasteiger partial charge on any atom is -0.496 e. The Balaban J connectivity index is 3.30. The fourth-order valence-corrected chi connectivity index (χ4v) is 1.31. The molecule has 1 atom stereocenters. The third kappa shape index (κ3) is 1.86. The SMILES string of the molecule is COc1cccc(F)c1C(C)(N)CO. The number of ether oxygens (including phenoxy) is 1. The summed E-state index contributed by atoms with van der Waals surface area (Å²) in [5.41, 5.74) is 4.82. The number of halogens is 1. The molecule has 3 nitrogen and oxygen atoms in total. The lowest BCUT2D eigenvalue weighted by Crippen LogP contribution is -2.38. The van der Waals surface area contributed by atoms with Crippen LogP contribution in [-0.2, 0) is 5.54 Å². The number of rotatable bonds is 3. The summed E-state index contributed by atoms with van der Waals surface area (Å²) in [6, 6.07) is 4.43. The molecule has 3 N–H and O–H groups in total. The lowest BCUT2D eigenvalue weighted by atomic mass is 9.93. The molecule has 78 valence electrons. The van der Waals surface area contributed by atoms with Gasteiger partial charge in [0.25, 0.3) is 0 Å². The van der Waals surface area contributed by atoms with Gasteiger partial charge < -0.3 is 15.6 Å². The number of nitrogens with two attached hydrogens (primary N) is 1. The number of hydrogen-bond acceptors (Lipinski definition) is 3. The van der Waals surface area contributed by atoms with Gasteiger partial charge in [0.2, 0.25) is 0 Å². The highest BCUT2D eigenvalue weighted by atomic mass is 19.1. The van der Waals surface area contributed by atoms with Crippen molar-refractivity contribution in [1.82, 2.24) is 0 Å². The van der Waals surface area contributed by atoms with Crippen LogP contribution in [0.1, 0.15) is 12.5 Å². The van der Waals surface area contributed by atoms with E-state index in [2.05, 4.69) is 0 Å². The van der Waals surface area contributed by atoms with Crippen LogP contribution in [0.3, 0.4) is 0 Å². The maximum atomic E-state index is 13.4. The van der Waals surface area contributed by atoms with Gasteiger partial charge in [0.05, 0.1) is 24.8 Å². The monoisotopic (exact) mass is 199 g/mol. The maximum Gasteiger partial charge on any atom is 0.132 e. The molecule has 1 aromatic rings. The molecule has 14 heavy (non-hydrogen) atoms. The number of methoxy groups -OCH3 is 1. The van der Waals surface area contributed by atoms with Crippen molar-refractivity contribution in [1.29, 1.82) is 0 Å². The summed E-state index contributed by atoms with van der Waals surface area (Å²) < 4.78 is 18.4. The highest BCUT2D eigenvalue weighted by molar-refractivity contribution is 5.39. The standard InChI is InChI=1S/C10H14FNO2/c1-10(12,6-13)9-7(11)4-3-5-8(9)14-2/h3-5,13H,6,12H2,1-2H3. The molecule has 1 aromatic carbocycles. The molecule has 0 fully saturated rings. The molecule has 0 radical (unpaired) electrons. The first-order valence-electron chi connectivity index (χ1n) is 4.25. The summed E-state index contributed by atoms with van der Waals surface area (Å²) >= 11 is 0. The molecule has 0 aliphatic carbocycles. The molecule has 0 bridgehead atoms. The number of aliphatic hydroxyl groups is 1. The van der Waals surface area contributed by atoms with E-state index < -0.39 is 11.4 Å². The highest BCUT2D eigenvalue weighted by Gasteiger charge is 2.27. The van der Waals surface area contributed by atoms with Crippen LogP contribution in [0.4, 0.5) is 4.39 Å². The summed E-state index contributed by atoms with van der Waals surface area (Å²) in [7, 11) is 1.44. The predicted molar refractivity (Wildman–Crippen MR) is 51.6 cm³/mol. The zero-order valence-corrected chi connectivity index (χ0v) is 8.25. The van der Waals surface area contributed by atoms with Gasteiger partial charge in [0, 0.05) is 0 Å². The Kier molecular flexibility index (Phi) is 3.08. The Morgan fingerprint density at radius 3 is 2.71 bits per heavy atom. The molecular weight excluding hydrogens is 185 g/mol. The molecule has 1 unspecified atom stereocenters. The average Bonchev–Trinajstić information content (AvgIpc) is 2.17. The molecular formula is C10H14FNO2. The molecule has 0 aromatic heterocycles. The van der Waals surface area contributed by atoms with E-state index in [1.807, 2.05) is 0 Å². The van der Waals surface area contributed by atoms with E-state index in [-0.39, 0.29) is 12.2 Å². The Labute approximate surface area is 82.3 Å². The smallest absolute Gasteiger partial charge is 0.132 e. The van der Waals surface area contributed by atoms with Crippen LogP contribution in [0.25, 0.3) is 0 Å². The third-order valence-electron chi connectivity index (χ3n) is 2.09. The van der Waals surface area contributed by atoms with E-state index in [9.17, 15) is 4.39 Å². The largest absolute Gasteiger partial charge is 0.496 e. The summed E-state index contributed by atoms with van der Waals surface area (Å²) in [5.74, 6) is -0.118. The van der Waals surface area contributed by atoms with Crippen molar-refractivity contribution in [3.8, 4) is 5.75 Å². The molecule has 4 heteroatoms. The van der Waals surface area contributed by atoms with Crippen LogP contribution >= 0.6 is 0 Å². The van der Waals surface area contributed by atoms with Crippen LogP contribution in [0.2, 0.25) is 0 Å². The minimum absolute atomic E-state index is 0.199. The zero-order chi connectivity index (χ0) is 10.8. The van der Waals surface area contributed by atoms with Crippen LogP contribution in [0, 0.1) is 5.82 Å². The van der Waals surface area contributed by atoms with Gasteiger partial charge in [-0.2, -0.15) is 0 Å². The topological polar surface area (TPSA) is 55.5 Å². The quantitative estimate of drug-likeness (QED) is 0.763. The van der Waals surface area contributed by atoms with E-state index in [1.165, 1.54) is 19.2 Å². The van der Waals surface area contributed by atoms with Crippen molar-refractivity contribution in [2.24, 2.45) is 5.73 Å². The number of benzene rings is 1. The molecule has 0 heterocycles. The second-order valence-corrected chi connectivity index (χ2v) is 3.39. The van der Waals surface area contributed by atoms with E-state index in [0.717, 1.165) is 0 Å². The van der Waals surface area contributed by atoms with Crippen molar-refractivity contribution in [2.45, 2.75) is 12.5 Å². The summed E-state index contributed by atoms with van der Waals surface area (Å²) in [6.45, 7) is 1.21. The fraction of sp³-hybridized carbons (Fsp3) is 0.400. The van der Waals surface area contributed by atoms with E-state index in [4.69, 9.17) is 15.6 Å². The normalized spacial score (nSPS) is 14.9. The second-order valence-electron chi connectivity index (χ2n) is 3.39. The van der Waals surface area contributed by atoms with Crippen LogP contribution in [0.15, 0.2) is 18.2 Å². The van der Waals surface area contributed by atoms with Crippen molar-refractivity contribution in [2.75, 3.05) is 13.7 Å². The average molecular weight is 199 g/mol. The van der Waals surface area contributed by atoms with Gasteiger partial charge in [-0.15, -0.1) is 0 Å². The van der Waals surface area contributed by atoms with Crippen molar-refractivity contribution < 1.29 is 14.2 Å². The highest BCUT2D eigenvalue weighted by Crippen LogP contribution is 2.29. The summed E-state index contributed by atoms with van der Waals surface area (Å²) in [5, 5.41) is 9.04. The lowest BCUT2D eigenvalue weighted by Gasteiger charge is -2.24. The first kappa shape index (κ1) is 10.9. The molecule has 1 rings (SSSR count). The van der Waals surface area contributed by atoms with E-state index in [1.54, 1.807) is 13.0 Å². The Hall–Kier alpha value is -1.13.